The zero-order chi connectivity index (χ0) is 13.1. The molecule has 17 heavy (non-hydrogen) atoms. The van der Waals surface area contributed by atoms with E-state index in [0.717, 1.165) is 0 Å². The predicted octanol–water partition coefficient (Wildman–Crippen LogP) is 1.97. The maximum absolute atomic E-state index is 12.0. The lowest BCUT2D eigenvalue weighted by Crippen LogP contribution is -2.13. The van der Waals surface area contributed by atoms with Gasteiger partial charge in [0.1, 0.15) is 6.07 Å². The van der Waals surface area contributed by atoms with Gasteiger partial charge in [-0.2, -0.15) is 5.26 Å². The SMILES string of the molecule is Cc1cc(C)c(C#N)c(S(=O)(=O)CCCCl)n1. The average molecular weight is 273 g/mol. The van der Waals surface area contributed by atoms with Crippen LogP contribution < -0.4 is 0 Å². The van der Waals surface area contributed by atoms with Crippen LogP contribution >= 0.6 is 11.6 Å². The van der Waals surface area contributed by atoms with E-state index in [0.29, 0.717) is 17.7 Å². The topological polar surface area (TPSA) is 70.8 Å². The van der Waals surface area contributed by atoms with E-state index in [1.807, 2.05) is 6.07 Å². The van der Waals surface area contributed by atoms with Gasteiger partial charge in [-0.3, -0.25) is 0 Å². The molecule has 0 aliphatic heterocycles. The quantitative estimate of drug-likeness (QED) is 0.786. The molecule has 0 aromatic carbocycles. The predicted molar refractivity (Wildman–Crippen MR) is 65.8 cm³/mol. The number of sulfone groups is 1. The molecule has 1 rings (SSSR count). The van der Waals surface area contributed by atoms with Crippen LogP contribution in [-0.4, -0.2) is 25.0 Å². The van der Waals surface area contributed by atoms with E-state index in [2.05, 4.69) is 4.98 Å². The number of rotatable bonds is 4. The number of nitriles is 1. The number of hydrogen-bond donors (Lipinski definition) is 0. The first-order chi connectivity index (χ1) is 7.92. The molecule has 0 radical (unpaired) electrons. The fourth-order valence-electron chi connectivity index (χ4n) is 1.50. The Balaban J connectivity index is 3.36. The monoisotopic (exact) mass is 272 g/mol. The molecule has 92 valence electrons. The maximum Gasteiger partial charge on any atom is 0.197 e. The number of pyridine rings is 1. The van der Waals surface area contributed by atoms with Crippen molar-refractivity contribution in [2.24, 2.45) is 0 Å². The van der Waals surface area contributed by atoms with Crippen LogP contribution in [0.25, 0.3) is 0 Å². The standard InChI is InChI=1S/C11H13ClN2O2S/c1-8-6-9(2)14-11(10(8)7-13)17(15,16)5-3-4-12/h6H,3-5H2,1-2H3. The maximum atomic E-state index is 12.0. The molecule has 1 heterocycles. The molecule has 6 heteroatoms. The van der Waals surface area contributed by atoms with E-state index < -0.39 is 9.84 Å². The fraction of sp³-hybridized carbons (Fsp3) is 0.455. The van der Waals surface area contributed by atoms with Crippen molar-refractivity contribution in [3.8, 4) is 6.07 Å². The minimum atomic E-state index is -3.53. The summed E-state index contributed by atoms with van der Waals surface area (Å²) < 4.78 is 24.0. The van der Waals surface area contributed by atoms with E-state index in [9.17, 15) is 8.42 Å². The van der Waals surface area contributed by atoms with Crippen LogP contribution in [0.5, 0.6) is 0 Å². The number of hydrogen-bond acceptors (Lipinski definition) is 4. The van der Waals surface area contributed by atoms with Crippen LogP contribution in [-0.2, 0) is 9.84 Å². The molecule has 0 bridgehead atoms. The smallest absolute Gasteiger partial charge is 0.197 e. The molecule has 0 aliphatic carbocycles. The largest absolute Gasteiger partial charge is 0.240 e. The van der Waals surface area contributed by atoms with Gasteiger partial charge in [-0.15, -0.1) is 11.6 Å². The van der Waals surface area contributed by atoms with Crippen LogP contribution in [0.15, 0.2) is 11.1 Å². The second-order valence-corrected chi connectivity index (χ2v) is 6.14. The Hall–Kier alpha value is -1.12. The average Bonchev–Trinajstić information content (AvgIpc) is 2.25. The summed E-state index contributed by atoms with van der Waals surface area (Å²) in [6.45, 7) is 3.41. The number of aryl methyl sites for hydroxylation is 2. The lowest BCUT2D eigenvalue weighted by molar-refractivity contribution is 0.590. The Bertz CT molecular complexity index is 562. The van der Waals surface area contributed by atoms with Gasteiger partial charge in [-0.25, -0.2) is 13.4 Å². The second-order valence-electron chi connectivity index (χ2n) is 3.73. The van der Waals surface area contributed by atoms with Crippen molar-refractivity contribution < 1.29 is 8.42 Å². The van der Waals surface area contributed by atoms with Gasteiger partial charge in [0.05, 0.1) is 11.3 Å². The van der Waals surface area contributed by atoms with Crippen LogP contribution in [0.4, 0.5) is 0 Å². The van der Waals surface area contributed by atoms with E-state index in [4.69, 9.17) is 16.9 Å². The molecule has 0 saturated carbocycles. The normalized spacial score (nSPS) is 11.2. The Morgan fingerprint density at radius 1 is 1.47 bits per heavy atom. The van der Waals surface area contributed by atoms with Crippen LogP contribution in [0.3, 0.4) is 0 Å². The summed E-state index contributed by atoms with van der Waals surface area (Å²) in [6.07, 6.45) is 0.351. The summed E-state index contributed by atoms with van der Waals surface area (Å²) in [5.74, 6) is 0.187. The fourth-order valence-corrected chi connectivity index (χ4v) is 3.32. The number of aromatic nitrogens is 1. The molecular formula is C11H13ClN2O2S. The van der Waals surface area contributed by atoms with Crippen molar-refractivity contribution in [2.75, 3.05) is 11.6 Å². The Morgan fingerprint density at radius 3 is 2.65 bits per heavy atom. The highest BCUT2D eigenvalue weighted by molar-refractivity contribution is 7.91. The van der Waals surface area contributed by atoms with Gasteiger partial charge >= 0.3 is 0 Å². The third kappa shape index (κ3) is 3.18. The molecule has 0 aliphatic rings. The Morgan fingerprint density at radius 2 is 2.12 bits per heavy atom. The van der Waals surface area contributed by atoms with Gasteiger partial charge < -0.3 is 0 Å². The molecule has 4 nitrogen and oxygen atoms in total. The third-order valence-corrected chi connectivity index (χ3v) is 4.24. The van der Waals surface area contributed by atoms with Crippen molar-refractivity contribution in [1.29, 1.82) is 5.26 Å². The first-order valence-corrected chi connectivity index (χ1v) is 7.28. The van der Waals surface area contributed by atoms with Gasteiger partial charge in [-0.05, 0) is 31.9 Å². The number of alkyl halides is 1. The first kappa shape index (κ1) is 13.9. The van der Waals surface area contributed by atoms with Crippen molar-refractivity contribution in [2.45, 2.75) is 25.3 Å². The highest BCUT2D eigenvalue weighted by atomic mass is 35.5. The molecule has 0 N–H and O–H groups in total. The Kier molecular flexibility index (Phi) is 4.49. The highest BCUT2D eigenvalue weighted by Gasteiger charge is 2.22. The van der Waals surface area contributed by atoms with E-state index >= 15 is 0 Å². The summed E-state index contributed by atoms with van der Waals surface area (Å²) in [5, 5.41) is 8.88. The van der Waals surface area contributed by atoms with Crippen LogP contribution in [0.2, 0.25) is 0 Å². The van der Waals surface area contributed by atoms with Gasteiger partial charge in [0.2, 0.25) is 0 Å². The van der Waals surface area contributed by atoms with Crippen molar-refractivity contribution in [3.63, 3.8) is 0 Å². The van der Waals surface area contributed by atoms with Gasteiger partial charge in [0, 0.05) is 11.6 Å². The summed E-state index contributed by atoms with van der Waals surface area (Å²) in [6, 6.07) is 3.59. The van der Waals surface area contributed by atoms with Crippen molar-refractivity contribution >= 4 is 21.4 Å². The Labute approximate surface area is 106 Å². The van der Waals surface area contributed by atoms with Crippen molar-refractivity contribution in [3.05, 3.63) is 22.9 Å². The summed E-state index contributed by atoms with van der Waals surface area (Å²) in [4.78, 5) is 3.98. The molecular weight excluding hydrogens is 260 g/mol. The zero-order valence-corrected chi connectivity index (χ0v) is 11.3. The first-order valence-electron chi connectivity index (χ1n) is 5.09. The molecule has 0 unspecified atom stereocenters. The molecule has 0 amide bonds. The minimum absolute atomic E-state index is 0.0823. The molecule has 0 fully saturated rings. The van der Waals surface area contributed by atoms with E-state index in [-0.39, 0.29) is 22.2 Å². The van der Waals surface area contributed by atoms with Crippen molar-refractivity contribution in [1.82, 2.24) is 4.98 Å². The van der Waals surface area contributed by atoms with Gasteiger partial charge in [0.15, 0.2) is 14.9 Å². The molecule has 0 spiro atoms. The number of nitrogens with zero attached hydrogens (tertiary/aromatic N) is 2. The molecule has 0 saturated heterocycles. The molecule has 1 aromatic rings. The third-order valence-electron chi connectivity index (χ3n) is 2.26. The summed E-state index contributed by atoms with van der Waals surface area (Å²) in [7, 11) is -3.53. The summed E-state index contributed by atoms with van der Waals surface area (Å²) in [5.41, 5.74) is 1.35. The van der Waals surface area contributed by atoms with Crippen LogP contribution in [0.1, 0.15) is 23.2 Å². The van der Waals surface area contributed by atoms with Gasteiger partial charge in [0.25, 0.3) is 0 Å². The van der Waals surface area contributed by atoms with Crippen LogP contribution in [0, 0.1) is 25.2 Å². The summed E-state index contributed by atoms with van der Waals surface area (Å²) >= 11 is 5.48. The highest BCUT2D eigenvalue weighted by Crippen LogP contribution is 2.19. The second kappa shape index (κ2) is 5.48. The molecule has 1 aromatic heterocycles. The van der Waals surface area contributed by atoms with Gasteiger partial charge in [-0.1, -0.05) is 0 Å². The number of halogens is 1. The minimum Gasteiger partial charge on any atom is -0.240 e. The zero-order valence-electron chi connectivity index (χ0n) is 9.70. The lowest BCUT2D eigenvalue weighted by atomic mass is 10.1. The molecule has 0 atom stereocenters. The lowest BCUT2D eigenvalue weighted by Gasteiger charge is -2.08. The van der Waals surface area contributed by atoms with E-state index in [1.165, 1.54) is 0 Å². The van der Waals surface area contributed by atoms with E-state index in [1.54, 1.807) is 19.9 Å².